The molecule has 208 valence electrons. The molecule has 1 aromatic carbocycles. The lowest BCUT2D eigenvalue weighted by Crippen LogP contribution is -2.48. The Morgan fingerprint density at radius 3 is 2.27 bits per heavy atom. The molecule has 0 saturated heterocycles. The minimum Gasteiger partial charge on any atom is -0.466 e. The van der Waals surface area contributed by atoms with Crippen LogP contribution in [-0.2, 0) is 23.9 Å². The quantitative estimate of drug-likeness (QED) is 0.279. The molecule has 0 saturated carbocycles. The first kappa shape index (κ1) is 31.9. The second kappa shape index (κ2) is 15.9. The van der Waals surface area contributed by atoms with Crippen molar-refractivity contribution in [1.82, 2.24) is 15.5 Å². The van der Waals surface area contributed by atoms with Gasteiger partial charge in [-0.05, 0) is 64.7 Å². The lowest BCUT2D eigenvalue weighted by molar-refractivity contribution is -0.143. The van der Waals surface area contributed by atoms with Gasteiger partial charge in [-0.15, -0.1) is 0 Å². The first-order valence-electron chi connectivity index (χ1n) is 13.2. The Kier molecular flexibility index (Phi) is 13.7. The number of rotatable bonds is 14. The standard InChI is InChI=1S/C28H45N3O6/c1-8-10-11-12-17-31(23(32)19-30-27(35)37-28(5,6)7)25(22-14-13-20(3)21(4)18-22)26(34)29-16-15-24(33)36-9-2/h13-14,18,25H,8-12,15-17,19H2,1-7H3,(H,29,34)(H,30,35). The second-order valence-corrected chi connectivity index (χ2v) is 10.1. The molecule has 1 atom stereocenters. The highest BCUT2D eigenvalue weighted by molar-refractivity contribution is 5.90. The Hall–Kier alpha value is -3.10. The zero-order valence-corrected chi connectivity index (χ0v) is 23.6. The largest absolute Gasteiger partial charge is 0.466 e. The first-order chi connectivity index (χ1) is 17.4. The molecule has 0 aromatic heterocycles. The van der Waals surface area contributed by atoms with E-state index in [1.165, 1.54) is 4.90 Å². The molecule has 2 N–H and O–H groups in total. The van der Waals surface area contributed by atoms with Gasteiger partial charge in [0, 0.05) is 13.1 Å². The van der Waals surface area contributed by atoms with Crippen molar-refractivity contribution in [1.29, 1.82) is 0 Å². The lowest BCUT2D eigenvalue weighted by atomic mass is 9.98. The van der Waals surface area contributed by atoms with Crippen LogP contribution in [-0.4, -0.2) is 60.6 Å². The van der Waals surface area contributed by atoms with E-state index in [4.69, 9.17) is 9.47 Å². The minimum absolute atomic E-state index is 0.0316. The van der Waals surface area contributed by atoms with Gasteiger partial charge in [-0.1, -0.05) is 44.4 Å². The molecular formula is C28H45N3O6. The van der Waals surface area contributed by atoms with Crippen molar-refractivity contribution >= 4 is 23.9 Å². The Balaban J connectivity index is 3.21. The van der Waals surface area contributed by atoms with Crippen molar-refractivity contribution < 1.29 is 28.7 Å². The summed E-state index contributed by atoms with van der Waals surface area (Å²) in [5, 5.41) is 5.31. The van der Waals surface area contributed by atoms with E-state index in [9.17, 15) is 19.2 Å². The van der Waals surface area contributed by atoms with Crippen molar-refractivity contribution in [2.24, 2.45) is 0 Å². The van der Waals surface area contributed by atoms with Crippen LogP contribution < -0.4 is 10.6 Å². The van der Waals surface area contributed by atoms with Crippen LogP contribution >= 0.6 is 0 Å². The van der Waals surface area contributed by atoms with E-state index in [-0.39, 0.29) is 26.1 Å². The van der Waals surface area contributed by atoms with Gasteiger partial charge < -0.3 is 25.0 Å². The van der Waals surface area contributed by atoms with Crippen molar-refractivity contribution in [3.8, 4) is 0 Å². The van der Waals surface area contributed by atoms with Crippen molar-refractivity contribution in [2.75, 3.05) is 26.2 Å². The van der Waals surface area contributed by atoms with Gasteiger partial charge >= 0.3 is 12.1 Å². The zero-order chi connectivity index (χ0) is 28.0. The molecule has 0 aliphatic rings. The monoisotopic (exact) mass is 519 g/mol. The maximum absolute atomic E-state index is 13.5. The Bertz CT molecular complexity index is 910. The van der Waals surface area contributed by atoms with E-state index in [1.807, 2.05) is 32.0 Å². The Morgan fingerprint density at radius 2 is 1.68 bits per heavy atom. The third-order valence-electron chi connectivity index (χ3n) is 5.70. The summed E-state index contributed by atoms with van der Waals surface area (Å²) in [6, 6.07) is 4.74. The first-order valence-corrected chi connectivity index (χ1v) is 13.2. The summed E-state index contributed by atoms with van der Waals surface area (Å²) in [7, 11) is 0. The Labute approximate surface area is 221 Å². The molecule has 0 radical (unpaired) electrons. The SMILES string of the molecule is CCCCCCN(C(=O)CNC(=O)OC(C)(C)C)C(C(=O)NCCC(=O)OCC)c1ccc(C)c(C)c1. The summed E-state index contributed by atoms with van der Waals surface area (Å²) in [5.74, 6) is -1.20. The van der Waals surface area contributed by atoms with Crippen LogP contribution in [0.25, 0.3) is 0 Å². The molecule has 1 rings (SSSR count). The molecule has 0 aliphatic carbocycles. The van der Waals surface area contributed by atoms with Gasteiger partial charge in [-0.25, -0.2) is 4.79 Å². The van der Waals surface area contributed by atoms with Crippen molar-refractivity contribution in [2.45, 2.75) is 92.2 Å². The van der Waals surface area contributed by atoms with E-state index in [0.717, 1.165) is 30.4 Å². The molecule has 0 aliphatic heterocycles. The van der Waals surface area contributed by atoms with Gasteiger partial charge in [0.05, 0.1) is 13.0 Å². The fourth-order valence-electron chi connectivity index (χ4n) is 3.70. The Morgan fingerprint density at radius 1 is 0.973 bits per heavy atom. The van der Waals surface area contributed by atoms with Crippen LogP contribution in [0, 0.1) is 13.8 Å². The summed E-state index contributed by atoms with van der Waals surface area (Å²) in [5.41, 5.74) is 2.02. The number of unbranched alkanes of at least 4 members (excludes halogenated alkanes) is 3. The lowest BCUT2D eigenvalue weighted by Gasteiger charge is -2.32. The number of benzene rings is 1. The van der Waals surface area contributed by atoms with E-state index < -0.39 is 35.5 Å². The van der Waals surface area contributed by atoms with Crippen molar-refractivity contribution in [3.63, 3.8) is 0 Å². The van der Waals surface area contributed by atoms with Gasteiger partial charge in [0.2, 0.25) is 11.8 Å². The fraction of sp³-hybridized carbons (Fsp3) is 0.643. The topological polar surface area (TPSA) is 114 Å². The van der Waals surface area contributed by atoms with Crippen molar-refractivity contribution in [3.05, 3.63) is 34.9 Å². The van der Waals surface area contributed by atoms with Gasteiger partial charge in [0.25, 0.3) is 0 Å². The molecular weight excluding hydrogens is 474 g/mol. The van der Waals surface area contributed by atoms with E-state index in [0.29, 0.717) is 18.5 Å². The number of carbonyl (C=O) groups excluding carboxylic acids is 4. The van der Waals surface area contributed by atoms with Gasteiger partial charge in [-0.2, -0.15) is 0 Å². The third kappa shape index (κ3) is 12.1. The predicted molar refractivity (Wildman–Crippen MR) is 143 cm³/mol. The number of hydrogen-bond acceptors (Lipinski definition) is 6. The maximum atomic E-state index is 13.5. The normalized spacial score (nSPS) is 11.9. The molecule has 3 amide bonds. The van der Waals surface area contributed by atoms with Crippen LogP contribution in [0.1, 0.15) is 89.5 Å². The van der Waals surface area contributed by atoms with Gasteiger partial charge in [0.15, 0.2) is 0 Å². The maximum Gasteiger partial charge on any atom is 0.408 e. The molecule has 0 bridgehead atoms. The van der Waals surface area contributed by atoms with Crippen LogP contribution in [0.2, 0.25) is 0 Å². The minimum atomic E-state index is -0.920. The predicted octanol–water partition coefficient (Wildman–Crippen LogP) is 4.35. The van der Waals surface area contributed by atoms with Crippen LogP contribution in [0.5, 0.6) is 0 Å². The summed E-state index contributed by atoms with van der Waals surface area (Å²) in [4.78, 5) is 52.3. The molecule has 37 heavy (non-hydrogen) atoms. The third-order valence-corrected chi connectivity index (χ3v) is 5.70. The van der Waals surface area contributed by atoms with Crippen LogP contribution in [0.4, 0.5) is 4.79 Å². The summed E-state index contributed by atoms with van der Waals surface area (Å²) in [6.07, 6.45) is 2.99. The molecule has 0 fully saturated rings. The molecule has 9 nitrogen and oxygen atoms in total. The number of hydrogen-bond donors (Lipinski definition) is 2. The highest BCUT2D eigenvalue weighted by atomic mass is 16.6. The van der Waals surface area contributed by atoms with Crippen LogP contribution in [0.3, 0.4) is 0 Å². The highest BCUT2D eigenvalue weighted by Crippen LogP contribution is 2.25. The molecule has 9 heteroatoms. The number of ether oxygens (including phenoxy) is 2. The average molecular weight is 520 g/mol. The summed E-state index contributed by atoms with van der Waals surface area (Å²) in [6.45, 7) is 13.4. The summed E-state index contributed by atoms with van der Waals surface area (Å²) < 4.78 is 10.2. The molecule has 0 heterocycles. The number of aryl methyl sites for hydroxylation is 2. The number of esters is 1. The fourth-order valence-corrected chi connectivity index (χ4v) is 3.70. The average Bonchev–Trinajstić information content (AvgIpc) is 2.80. The molecule has 1 aromatic rings. The number of nitrogens with zero attached hydrogens (tertiary/aromatic N) is 1. The molecule has 1 unspecified atom stereocenters. The smallest absolute Gasteiger partial charge is 0.408 e. The number of amides is 3. The van der Waals surface area contributed by atoms with Gasteiger partial charge in [-0.3, -0.25) is 14.4 Å². The second-order valence-electron chi connectivity index (χ2n) is 10.1. The number of alkyl carbamates (subject to hydrolysis) is 1. The zero-order valence-electron chi connectivity index (χ0n) is 23.6. The summed E-state index contributed by atoms with van der Waals surface area (Å²) >= 11 is 0. The number of carbonyl (C=O) groups is 4. The molecule has 0 spiro atoms. The van der Waals surface area contributed by atoms with Crippen LogP contribution in [0.15, 0.2) is 18.2 Å². The van der Waals surface area contributed by atoms with E-state index >= 15 is 0 Å². The highest BCUT2D eigenvalue weighted by Gasteiger charge is 2.32. The van der Waals surface area contributed by atoms with E-state index in [1.54, 1.807) is 27.7 Å². The van der Waals surface area contributed by atoms with Gasteiger partial charge in [0.1, 0.15) is 18.2 Å². The van der Waals surface area contributed by atoms with E-state index in [2.05, 4.69) is 17.6 Å². The number of nitrogens with one attached hydrogen (secondary N) is 2.